The Morgan fingerprint density at radius 2 is 1.85 bits per heavy atom. The van der Waals surface area contributed by atoms with Gasteiger partial charge in [0.1, 0.15) is 5.60 Å². The summed E-state index contributed by atoms with van der Waals surface area (Å²) >= 11 is 0. The van der Waals surface area contributed by atoms with Crippen LogP contribution in [-0.2, 0) is 16.0 Å². The molecule has 0 saturated carbocycles. The van der Waals surface area contributed by atoms with E-state index in [9.17, 15) is 9.59 Å². The van der Waals surface area contributed by atoms with Crippen LogP contribution in [0.2, 0.25) is 0 Å². The van der Waals surface area contributed by atoms with Crippen LogP contribution in [0.1, 0.15) is 46.1 Å². The van der Waals surface area contributed by atoms with Crippen molar-refractivity contribution in [2.75, 3.05) is 29.9 Å². The summed E-state index contributed by atoms with van der Waals surface area (Å²) in [5.74, 6) is 0.0894. The van der Waals surface area contributed by atoms with E-state index in [1.165, 1.54) is 5.56 Å². The Hall–Kier alpha value is -2.24. The Morgan fingerprint density at radius 3 is 2.46 bits per heavy atom. The van der Waals surface area contributed by atoms with E-state index in [2.05, 4.69) is 23.5 Å². The molecule has 1 fully saturated rings. The molecule has 0 atom stereocenters. The van der Waals surface area contributed by atoms with Crippen LogP contribution in [0.4, 0.5) is 16.2 Å². The van der Waals surface area contributed by atoms with Crippen molar-refractivity contribution in [1.82, 2.24) is 4.90 Å². The standard InChI is InChI=1S/C20H29N3O3/c1-14(24)23-12-7-15-5-6-17(13-18(15)23)21-16-8-10-22(11-9-16)19(25)26-20(2,3)4/h5-6,13,16,21H,7-12H2,1-4H3. The number of carbonyl (C=O) groups is 2. The lowest BCUT2D eigenvalue weighted by Gasteiger charge is -2.34. The molecule has 0 radical (unpaired) electrons. The van der Waals surface area contributed by atoms with Gasteiger partial charge in [0.2, 0.25) is 5.91 Å². The third-order valence-electron chi connectivity index (χ3n) is 4.88. The number of nitrogens with one attached hydrogen (secondary N) is 1. The van der Waals surface area contributed by atoms with Crippen molar-refractivity contribution in [3.63, 3.8) is 0 Å². The molecule has 6 heteroatoms. The molecule has 2 heterocycles. The second-order valence-electron chi connectivity index (χ2n) is 8.15. The van der Waals surface area contributed by atoms with E-state index in [0.29, 0.717) is 19.1 Å². The maximum absolute atomic E-state index is 12.2. The Bertz CT molecular complexity index is 688. The molecule has 2 amide bonds. The highest BCUT2D eigenvalue weighted by Gasteiger charge is 2.27. The number of piperidine rings is 1. The highest BCUT2D eigenvalue weighted by atomic mass is 16.6. The van der Waals surface area contributed by atoms with Gasteiger partial charge in [0.05, 0.1) is 0 Å². The third-order valence-corrected chi connectivity index (χ3v) is 4.88. The molecule has 0 spiro atoms. The van der Waals surface area contributed by atoms with Gasteiger partial charge in [0, 0.05) is 44.0 Å². The molecular formula is C20H29N3O3. The molecule has 6 nitrogen and oxygen atoms in total. The third kappa shape index (κ3) is 4.29. The van der Waals surface area contributed by atoms with Gasteiger partial charge in [0.25, 0.3) is 0 Å². The Labute approximate surface area is 155 Å². The number of rotatable bonds is 2. The zero-order valence-corrected chi connectivity index (χ0v) is 16.2. The topological polar surface area (TPSA) is 61.9 Å². The molecule has 0 unspecified atom stereocenters. The van der Waals surface area contributed by atoms with Gasteiger partial charge in [-0.2, -0.15) is 0 Å². The number of hydrogen-bond acceptors (Lipinski definition) is 4. The molecular weight excluding hydrogens is 330 g/mol. The first-order valence-corrected chi connectivity index (χ1v) is 9.38. The van der Waals surface area contributed by atoms with Crippen LogP contribution in [0.25, 0.3) is 0 Å². The minimum atomic E-state index is -0.459. The average molecular weight is 359 g/mol. The van der Waals surface area contributed by atoms with Crippen LogP contribution in [0, 0.1) is 0 Å². The summed E-state index contributed by atoms with van der Waals surface area (Å²) in [6.07, 6.45) is 2.45. The number of amides is 2. The number of carbonyl (C=O) groups excluding carboxylic acids is 2. The number of benzene rings is 1. The quantitative estimate of drug-likeness (QED) is 0.879. The normalized spacial score (nSPS) is 17.8. The van der Waals surface area contributed by atoms with Gasteiger partial charge in [0.15, 0.2) is 0 Å². The fourth-order valence-electron chi connectivity index (χ4n) is 3.56. The highest BCUT2D eigenvalue weighted by molar-refractivity contribution is 5.94. The van der Waals surface area contributed by atoms with Gasteiger partial charge >= 0.3 is 6.09 Å². The molecule has 1 aromatic carbocycles. The van der Waals surface area contributed by atoms with E-state index in [0.717, 1.165) is 37.2 Å². The fraction of sp³-hybridized carbons (Fsp3) is 0.600. The monoisotopic (exact) mass is 359 g/mol. The largest absolute Gasteiger partial charge is 0.444 e. The van der Waals surface area contributed by atoms with E-state index in [4.69, 9.17) is 4.74 Å². The van der Waals surface area contributed by atoms with E-state index in [1.54, 1.807) is 11.8 Å². The SMILES string of the molecule is CC(=O)N1CCc2ccc(NC3CCN(C(=O)OC(C)(C)C)CC3)cc21. The van der Waals surface area contributed by atoms with Gasteiger partial charge in [-0.05, 0) is 57.7 Å². The molecule has 0 aromatic heterocycles. The summed E-state index contributed by atoms with van der Waals surface area (Å²) in [7, 11) is 0. The number of anilines is 2. The lowest BCUT2D eigenvalue weighted by molar-refractivity contribution is -0.116. The lowest BCUT2D eigenvalue weighted by atomic mass is 10.0. The van der Waals surface area contributed by atoms with E-state index >= 15 is 0 Å². The van der Waals surface area contributed by atoms with Gasteiger partial charge in [-0.25, -0.2) is 4.79 Å². The molecule has 2 aliphatic heterocycles. The molecule has 142 valence electrons. The van der Waals surface area contributed by atoms with E-state index in [-0.39, 0.29) is 12.0 Å². The summed E-state index contributed by atoms with van der Waals surface area (Å²) in [5, 5.41) is 3.56. The van der Waals surface area contributed by atoms with Crippen LogP contribution in [0.15, 0.2) is 18.2 Å². The maximum atomic E-state index is 12.2. The summed E-state index contributed by atoms with van der Waals surface area (Å²) in [4.78, 5) is 27.5. The van der Waals surface area contributed by atoms with Crippen molar-refractivity contribution < 1.29 is 14.3 Å². The zero-order chi connectivity index (χ0) is 18.9. The predicted octanol–water partition coefficient (Wildman–Crippen LogP) is 3.41. The predicted molar refractivity (Wildman–Crippen MR) is 103 cm³/mol. The molecule has 2 aliphatic rings. The first-order chi connectivity index (χ1) is 12.2. The molecule has 1 N–H and O–H groups in total. The second kappa shape index (κ2) is 7.17. The molecule has 0 aliphatic carbocycles. The maximum Gasteiger partial charge on any atom is 0.410 e. The summed E-state index contributed by atoms with van der Waals surface area (Å²) in [6, 6.07) is 6.59. The minimum Gasteiger partial charge on any atom is -0.444 e. The number of nitrogens with zero attached hydrogens (tertiary/aromatic N) is 2. The van der Waals surface area contributed by atoms with Gasteiger partial charge in [-0.3, -0.25) is 4.79 Å². The molecule has 1 aromatic rings. The van der Waals surface area contributed by atoms with Crippen molar-refractivity contribution in [3.05, 3.63) is 23.8 Å². The second-order valence-corrected chi connectivity index (χ2v) is 8.15. The first kappa shape index (κ1) is 18.5. The summed E-state index contributed by atoms with van der Waals surface area (Å²) in [5.41, 5.74) is 2.82. The number of hydrogen-bond donors (Lipinski definition) is 1. The van der Waals surface area contributed by atoms with Gasteiger partial charge < -0.3 is 19.9 Å². The Balaban J connectivity index is 1.56. The van der Waals surface area contributed by atoms with E-state index in [1.807, 2.05) is 25.7 Å². The molecule has 1 saturated heterocycles. The summed E-state index contributed by atoms with van der Waals surface area (Å²) in [6.45, 7) is 9.42. The smallest absolute Gasteiger partial charge is 0.410 e. The first-order valence-electron chi connectivity index (χ1n) is 9.38. The van der Waals surface area contributed by atoms with Crippen molar-refractivity contribution in [3.8, 4) is 0 Å². The fourth-order valence-corrected chi connectivity index (χ4v) is 3.56. The average Bonchev–Trinajstić information content (AvgIpc) is 2.97. The molecule has 26 heavy (non-hydrogen) atoms. The number of ether oxygens (including phenoxy) is 1. The van der Waals surface area contributed by atoms with Gasteiger partial charge in [-0.1, -0.05) is 6.07 Å². The lowest BCUT2D eigenvalue weighted by Crippen LogP contribution is -2.44. The van der Waals surface area contributed by atoms with Crippen molar-refractivity contribution in [2.24, 2.45) is 0 Å². The molecule has 0 bridgehead atoms. The Morgan fingerprint density at radius 1 is 1.15 bits per heavy atom. The van der Waals surface area contributed by atoms with Crippen LogP contribution in [0.5, 0.6) is 0 Å². The molecule has 3 rings (SSSR count). The highest BCUT2D eigenvalue weighted by Crippen LogP contribution is 2.31. The van der Waals surface area contributed by atoms with Crippen LogP contribution in [0.3, 0.4) is 0 Å². The van der Waals surface area contributed by atoms with Crippen molar-refractivity contribution >= 4 is 23.4 Å². The zero-order valence-electron chi connectivity index (χ0n) is 16.2. The Kier molecular flexibility index (Phi) is 5.12. The minimum absolute atomic E-state index is 0.0894. The number of likely N-dealkylation sites (tertiary alicyclic amines) is 1. The van der Waals surface area contributed by atoms with Crippen molar-refractivity contribution in [2.45, 2.75) is 58.6 Å². The number of fused-ring (bicyclic) bond motifs is 1. The van der Waals surface area contributed by atoms with Crippen molar-refractivity contribution in [1.29, 1.82) is 0 Å². The van der Waals surface area contributed by atoms with Gasteiger partial charge in [-0.15, -0.1) is 0 Å². The van der Waals surface area contributed by atoms with Crippen LogP contribution >= 0.6 is 0 Å². The van der Waals surface area contributed by atoms with E-state index < -0.39 is 5.60 Å². The summed E-state index contributed by atoms with van der Waals surface area (Å²) < 4.78 is 5.44. The van der Waals surface area contributed by atoms with Crippen LogP contribution in [-0.4, -0.2) is 48.2 Å². The van der Waals surface area contributed by atoms with Crippen LogP contribution < -0.4 is 10.2 Å².